The third-order valence-electron chi connectivity index (χ3n) is 7.48. The Kier molecular flexibility index (Phi) is 9.07. The summed E-state index contributed by atoms with van der Waals surface area (Å²) < 4.78 is 32.0. The van der Waals surface area contributed by atoms with E-state index in [1.165, 1.54) is 34.6 Å². The molecule has 2 aliphatic rings. The standard InChI is InChI=1S/C31H32FIN4O7/c1-19(38)43-18-31(33)12-11-24(39)37(31)23-15-22(32)10-9-21(23)16-34-27(40)25-26(42-17-20-7-5-4-6-8-20)28(41)36-13-14-44-30(2,3)29(36)35-25/h4-10,15H,11-14,16-18H2,1-3H3,(H,34,40). The summed E-state index contributed by atoms with van der Waals surface area (Å²) in [4.78, 5) is 57.9. The largest absolute Gasteiger partial charge is 0.481 e. The fraction of sp³-hybridized carbons (Fsp3) is 0.387. The Morgan fingerprint density at radius 3 is 2.64 bits per heavy atom. The van der Waals surface area contributed by atoms with Crippen LogP contribution >= 0.6 is 22.6 Å². The molecule has 1 N–H and O–H groups in total. The first kappa shape index (κ1) is 31.6. The Hall–Kier alpha value is -3.85. The molecule has 232 valence electrons. The first-order valence-corrected chi connectivity index (χ1v) is 15.2. The molecule has 2 amide bonds. The highest BCUT2D eigenvalue weighted by Crippen LogP contribution is 2.42. The van der Waals surface area contributed by atoms with E-state index in [0.717, 1.165) is 5.56 Å². The van der Waals surface area contributed by atoms with Gasteiger partial charge in [-0.15, -0.1) is 0 Å². The molecule has 1 atom stereocenters. The normalized spacial score (nSPS) is 18.9. The quantitative estimate of drug-likeness (QED) is 0.152. The summed E-state index contributed by atoms with van der Waals surface area (Å²) in [5.74, 6) is -1.96. The van der Waals surface area contributed by atoms with E-state index < -0.39 is 32.4 Å². The number of alkyl halides is 1. The van der Waals surface area contributed by atoms with E-state index in [9.17, 15) is 23.6 Å². The molecule has 5 rings (SSSR count). The lowest BCUT2D eigenvalue weighted by Gasteiger charge is -2.34. The first-order chi connectivity index (χ1) is 20.9. The lowest BCUT2D eigenvalue weighted by Crippen LogP contribution is -2.45. The topological polar surface area (TPSA) is 129 Å². The van der Waals surface area contributed by atoms with Gasteiger partial charge in [0.15, 0.2) is 5.69 Å². The second kappa shape index (κ2) is 12.6. The van der Waals surface area contributed by atoms with Crippen LogP contribution < -0.4 is 20.5 Å². The van der Waals surface area contributed by atoms with Gasteiger partial charge in [-0.2, -0.15) is 0 Å². The molecule has 2 aromatic carbocycles. The Bertz CT molecular complexity index is 1660. The Morgan fingerprint density at radius 1 is 1.16 bits per heavy atom. The van der Waals surface area contributed by atoms with Crippen LogP contribution in [-0.4, -0.2) is 44.1 Å². The van der Waals surface area contributed by atoms with Crippen molar-refractivity contribution in [3.8, 4) is 5.75 Å². The number of nitrogens with zero attached hydrogens (tertiary/aromatic N) is 3. The van der Waals surface area contributed by atoms with Gasteiger partial charge in [0.2, 0.25) is 11.7 Å². The third kappa shape index (κ3) is 6.48. The van der Waals surface area contributed by atoms with Crippen LogP contribution in [0.5, 0.6) is 5.75 Å². The maximum atomic E-state index is 14.5. The Labute approximate surface area is 266 Å². The maximum Gasteiger partial charge on any atom is 0.302 e. The second-order valence-electron chi connectivity index (χ2n) is 11.1. The average Bonchev–Trinajstić information content (AvgIpc) is 3.29. The highest BCUT2D eigenvalue weighted by atomic mass is 127. The van der Waals surface area contributed by atoms with Gasteiger partial charge in [-0.25, -0.2) is 9.37 Å². The molecule has 1 unspecified atom stereocenters. The fourth-order valence-electron chi connectivity index (χ4n) is 5.27. The van der Waals surface area contributed by atoms with Crippen molar-refractivity contribution in [2.24, 2.45) is 0 Å². The molecule has 1 fully saturated rings. The molecular weight excluding hydrogens is 686 g/mol. The zero-order chi connectivity index (χ0) is 31.6. The van der Waals surface area contributed by atoms with E-state index in [1.54, 1.807) is 13.8 Å². The minimum absolute atomic E-state index is 0.0382. The van der Waals surface area contributed by atoms with Crippen LogP contribution in [0.4, 0.5) is 10.1 Å². The Balaban J connectivity index is 1.47. The van der Waals surface area contributed by atoms with Crippen molar-refractivity contribution in [1.82, 2.24) is 14.9 Å². The van der Waals surface area contributed by atoms with E-state index in [4.69, 9.17) is 14.2 Å². The number of esters is 1. The number of halogens is 2. The van der Waals surface area contributed by atoms with Gasteiger partial charge in [0.25, 0.3) is 11.5 Å². The highest BCUT2D eigenvalue weighted by Gasteiger charge is 2.46. The van der Waals surface area contributed by atoms with Gasteiger partial charge in [-0.3, -0.25) is 28.6 Å². The zero-order valence-electron chi connectivity index (χ0n) is 24.5. The molecule has 0 aliphatic carbocycles. The molecule has 3 heterocycles. The van der Waals surface area contributed by atoms with Gasteiger partial charge in [-0.1, -0.05) is 59.0 Å². The van der Waals surface area contributed by atoms with Crippen LogP contribution in [0, 0.1) is 5.82 Å². The molecular formula is C31H32FIN4O7. The van der Waals surface area contributed by atoms with Gasteiger partial charge in [-0.05, 0) is 43.5 Å². The molecule has 11 nitrogen and oxygen atoms in total. The number of amides is 2. The summed E-state index contributed by atoms with van der Waals surface area (Å²) in [6, 6.07) is 13.1. The number of fused-ring (bicyclic) bond motifs is 1. The summed E-state index contributed by atoms with van der Waals surface area (Å²) in [6.45, 7) is 5.18. The molecule has 1 saturated heterocycles. The van der Waals surface area contributed by atoms with Crippen molar-refractivity contribution in [3.05, 3.63) is 87.3 Å². The van der Waals surface area contributed by atoms with Crippen LogP contribution in [0.25, 0.3) is 0 Å². The van der Waals surface area contributed by atoms with Crippen molar-refractivity contribution >= 4 is 46.1 Å². The van der Waals surface area contributed by atoms with Gasteiger partial charge in [0.05, 0.1) is 18.8 Å². The zero-order valence-corrected chi connectivity index (χ0v) is 26.7. The van der Waals surface area contributed by atoms with E-state index in [1.807, 2.05) is 52.9 Å². The molecule has 13 heteroatoms. The minimum Gasteiger partial charge on any atom is -0.481 e. The summed E-state index contributed by atoms with van der Waals surface area (Å²) in [6.07, 6.45) is 0.556. The van der Waals surface area contributed by atoms with E-state index in [0.29, 0.717) is 18.6 Å². The lowest BCUT2D eigenvalue weighted by atomic mass is 10.1. The maximum absolute atomic E-state index is 14.5. The monoisotopic (exact) mass is 718 g/mol. The van der Waals surface area contributed by atoms with Crippen LogP contribution in [0.3, 0.4) is 0 Å². The lowest BCUT2D eigenvalue weighted by molar-refractivity contribution is -0.141. The fourth-order valence-corrected chi connectivity index (χ4v) is 6.23. The molecule has 0 spiro atoms. The van der Waals surface area contributed by atoms with Crippen molar-refractivity contribution in [2.75, 3.05) is 18.1 Å². The van der Waals surface area contributed by atoms with E-state index >= 15 is 0 Å². The smallest absolute Gasteiger partial charge is 0.302 e. The van der Waals surface area contributed by atoms with Gasteiger partial charge >= 0.3 is 5.97 Å². The number of rotatable bonds is 9. The predicted octanol–water partition coefficient (Wildman–Crippen LogP) is 3.98. The Morgan fingerprint density at radius 2 is 1.91 bits per heavy atom. The molecule has 0 bridgehead atoms. The average molecular weight is 719 g/mol. The van der Waals surface area contributed by atoms with Gasteiger partial charge in [0, 0.05) is 19.9 Å². The summed E-state index contributed by atoms with van der Waals surface area (Å²) in [5, 5.41) is 2.77. The highest BCUT2D eigenvalue weighted by molar-refractivity contribution is 14.1. The van der Waals surface area contributed by atoms with E-state index in [-0.39, 0.29) is 61.6 Å². The number of hydrogen-bond acceptors (Lipinski definition) is 8. The minimum atomic E-state index is -0.939. The number of carbonyl (C=O) groups excluding carboxylic acids is 3. The van der Waals surface area contributed by atoms with Crippen molar-refractivity contribution in [1.29, 1.82) is 0 Å². The molecule has 0 saturated carbocycles. The van der Waals surface area contributed by atoms with Crippen LogP contribution in [0.1, 0.15) is 61.1 Å². The number of carbonyl (C=O) groups is 3. The van der Waals surface area contributed by atoms with Crippen LogP contribution in [-0.2, 0) is 44.4 Å². The summed E-state index contributed by atoms with van der Waals surface area (Å²) >= 11 is 2.05. The number of anilines is 1. The van der Waals surface area contributed by atoms with Gasteiger partial charge in [0.1, 0.15) is 34.0 Å². The van der Waals surface area contributed by atoms with E-state index in [2.05, 4.69) is 10.3 Å². The molecule has 2 aliphatic heterocycles. The summed E-state index contributed by atoms with van der Waals surface area (Å²) in [7, 11) is 0. The van der Waals surface area contributed by atoms with Crippen molar-refractivity contribution < 1.29 is 33.0 Å². The SMILES string of the molecule is CC(=O)OCC1(I)CCC(=O)N1c1cc(F)ccc1CNC(=O)c1nc2n(c(=O)c1OCc1ccccc1)CCOC2(C)C. The van der Waals surface area contributed by atoms with Crippen LogP contribution in [0.2, 0.25) is 0 Å². The third-order valence-corrected chi connectivity index (χ3v) is 8.81. The molecule has 1 aromatic heterocycles. The molecule has 3 aromatic rings. The number of hydrogen-bond donors (Lipinski definition) is 1. The number of ether oxygens (including phenoxy) is 3. The second-order valence-corrected chi connectivity index (χ2v) is 13.1. The van der Waals surface area contributed by atoms with Crippen molar-refractivity contribution in [3.63, 3.8) is 0 Å². The first-order valence-electron chi connectivity index (χ1n) is 14.1. The van der Waals surface area contributed by atoms with Crippen LogP contribution in [0.15, 0.2) is 53.3 Å². The van der Waals surface area contributed by atoms with Gasteiger partial charge < -0.3 is 19.5 Å². The number of nitrogens with one attached hydrogen (secondary N) is 1. The number of benzene rings is 2. The van der Waals surface area contributed by atoms with Crippen molar-refractivity contribution in [2.45, 2.75) is 62.5 Å². The summed E-state index contributed by atoms with van der Waals surface area (Å²) in [5.41, 5.74) is -0.178. The molecule has 0 radical (unpaired) electrons. The predicted molar refractivity (Wildman–Crippen MR) is 166 cm³/mol. The molecule has 44 heavy (non-hydrogen) atoms. The number of aromatic nitrogens is 2.